The van der Waals surface area contributed by atoms with Crippen LogP contribution in [0.5, 0.6) is 0 Å². The van der Waals surface area contributed by atoms with Gasteiger partial charge < -0.3 is 21.1 Å². The van der Waals surface area contributed by atoms with Crippen LogP contribution in [0.25, 0.3) is 22.1 Å². The van der Waals surface area contributed by atoms with E-state index in [1.165, 1.54) is 4.52 Å². The number of amides is 2. The summed E-state index contributed by atoms with van der Waals surface area (Å²) >= 11 is 0. The van der Waals surface area contributed by atoms with Crippen molar-refractivity contribution in [1.82, 2.24) is 29.8 Å². The van der Waals surface area contributed by atoms with Crippen LogP contribution in [-0.2, 0) is 9.53 Å². The van der Waals surface area contributed by atoms with Crippen molar-refractivity contribution < 1.29 is 14.3 Å². The van der Waals surface area contributed by atoms with Crippen molar-refractivity contribution in [3.05, 3.63) is 100 Å². The Kier molecular flexibility index (Phi) is 7.59. The van der Waals surface area contributed by atoms with Crippen LogP contribution in [0.1, 0.15) is 47.4 Å². The van der Waals surface area contributed by atoms with Crippen molar-refractivity contribution in [3.8, 4) is 17.5 Å². The van der Waals surface area contributed by atoms with Crippen LogP contribution < -0.4 is 21.9 Å². The highest BCUT2D eigenvalue weighted by Gasteiger charge is 2.24. The van der Waals surface area contributed by atoms with Crippen LogP contribution in [0.2, 0.25) is 0 Å². The Balaban J connectivity index is 1.36. The predicted molar refractivity (Wildman–Crippen MR) is 162 cm³/mol. The molecule has 11 nitrogen and oxygen atoms in total. The molecule has 1 fully saturated rings. The number of carbonyl (C=O) groups excluding carboxylic acids is 2. The van der Waals surface area contributed by atoms with E-state index in [0.717, 1.165) is 6.42 Å². The topological polar surface area (TPSA) is 146 Å². The van der Waals surface area contributed by atoms with E-state index < -0.39 is 18.1 Å². The van der Waals surface area contributed by atoms with Gasteiger partial charge in [-0.2, -0.15) is 0 Å². The Bertz CT molecular complexity index is 1960. The first-order valence-corrected chi connectivity index (χ1v) is 13.9. The molecule has 216 valence electrons. The highest BCUT2D eigenvalue weighted by atomic mass is 16.5. The van der Waals surface area contributed by atoms with Crippen LogP contribution in [0.15, 0.2) is 77.9 Å². The summed E-state index contributed by atoms with van der Waals surface area (Å²) < 4.78 is 8.44. The molecule has 1 aliphatic heterocycles. The molecule has 6 rings (SSSR count). The fourth-order valence-corrected chi connectivity index (χ4v) is 5.28. The van der Waals surface area contributed by atoms with E-state index in [9.17, 15) is 14.4 Å². The summed E-state index contributed by atoms with van der Waals surface area (Å²) in [4.78, 5) is 44.1. The van der Waals surface area contributed by atoms with Crippen molar-refractivity contribution >= 4 is 34.1 Å². The molecule has 3 aromatic heterocycles. The van der Waals surface area contributed by atoms with Gasteiger partial charge in [0.2, 0.25) is 5.91 Å². The zero-order valence-electron chi connectivity index (χ0n) is 23.4. The Hall–Kier alpha value is -5.47. The second-order valence-corrected chi connectivity index (χ2v) is 10.2. The van der Waals surface area contributed by atoms with E-state index in [0.29, 0.717) is 46.4 Å². The number of nitrogens with two attached hydrogens (primary N) is 1. The number of aromatic nitrogens is 4. The normalized spacial score (nSPS) is 15.1. The van der Waals surface area contributed by atoms with Crippen LogP contribution >= 0.6 is 0 Å². The maximum Gasteiger partial charge on any atom is 0.264 e. The minimum atomic E-state index is -0.606. The largest absolute Gasteiger partial charge is 0.381 e. The van der Waals surface area contributed by atoms with Gasteiger partial charge in [-0.1, -0.05) is 42.2 Å². The number of hydrogen-bond donors (Lipinski definition) is 3. The summed E-state index contributed by atoms with van der Waals surface area (Å²) in [5.41, 5.74) is 8.01. The molecule has 4 N–H and O–H groups in total. The zero-order chi connectivity index (χ0) is 29.9. The Morgan fingerprint density at radius 1 is 1.16 bits per heavy atom. The Labute approximate surface area is 246 Å². The molecule has 5 aromatic rings. The fraction of sp³-hybridized carbons (Fsp3) is 0.219. The average Bonchev–Trinajstić information content (AvgIpc) is 3.67. The minimum Gasteiger partial charge on any atom is -0.381 e. The van der Waals surface area contributed by atoms with Gasteiger partial charge in [-0.3, -0.25) is 19.0 Å². The van der Waals surface area contributed by atoms with Gasteiger partial charge in [0.1, 0.15) is 11.7 Å². The van der Waals surface area contributed by atoms with E-state index in [4.69, 9.17) is 10.5 Å². The predicted octanol–water partition coefficient (Wildman–Crippen LogP) is 2.75. The lowest BCUT2D eigenvalue weighted by atomic mass is 10.0. The molecule has 0 aliphatic carbocycles. The van der Waals surface area contributed by atoms with Gasteiger partial charge in [-0.05, 0) is 55.5 Å². The average molecular weight is 576 g/mol. The lowest BCUT2D eigenvalue weighted by Gasteiger charge is -2.21. The molecule has 2 amide bonds. The van der Waals surface area contributed by atoms with Crippen LogP contribution in [-0.4, -0.2) is 50.2 Å². The number of pyridine rings is 1. The molecule has 0 radical (unpaired) electrons. The molecule has 0 spiro atoms. The number of nitrogen functional groups attached to an aromatic ring is 1. The van der Waals surface area contributed by atoms with Crippen molar-refractivity contribution in [2.24, 2.45) is 0 Å². The molecule has 11 heteroatoms. The molecule has 0 bridgehead atoms. The zero-order valence-corrected chi connectivity index (χ0v) is 23.4. The molecular weight excluding hydrogens is 546 g/mol. The van der Waals surface area contributed by atoms with E-state index in [-0.39, 0.29) is 29.4 Å². The van der Waals surface area contributed by atoms with E-state index >= 15 is 0 Å². The Morgan fingerprint density at radius 3 is 2.79 bits per heavy atom. The SMILES string of the molecule is CC(NC(=O)c1c(N)nn2cccnc12)c1cc2cccc(C#CCNC(=O)C3CCCO3)c2c(=O)n1-c1ccccc1. The summed E-state index contributed by atoms with van der Waals surface area (Å²) in [6.45, 7) is 2.52. The number of para-hydroxylation sites is 1. The summed E-state index contributed by atoms with van der Waals surface area (Å²) in [6.07, 6.45) is 4.36. The van der Waals surface area contributed by atoms with Gasteiger partial charge in [-0.25, -0.2) is 9.50 Å². The smallest absolute Gasteiger partial charge is 0.264 e. The molecular formula is C32H29N7O4. The summed E-state index contributed by atoms with van der Waals surface area (Å²) in [5, 5.41) is 11.0. The van der Waals surface area contributed by atoms with Crippen LogP contribution in [0.4, 0.5) is 5.82 Å². The number of nitrogens with zero attached hydrogens (tertiary/aromatic N) is 4. The van der Waals surface area contributed by atoms with Gasteiger partial charge in [0.15, 0.2) is 11.5 Å². The number of rotatable bonds is 6. The highest BCUT2D eigenvalue weighted by Crippen LogP contribution is 2.24. The van der Waals surface area contributed by atoms with Gasteiger partial charge in [0.05, 0.1) is 18.0 Å². The number of fused-ring (bicyclic) bond motifs is 2. The Morgan fingerprint density at radius 2 is 2.00 bits per heavy atom. The molecule has 0 saturated carbocycles. The van der Waals surface area contributed by atoms with Crippen molar-refractivity contribution in [2.75, 3.05) is 18.9 Å². The number of anilines is 1. The quantitative estimate of drug-likeness (QED) is 0.264. The van der Waals surface area contributed by atoms with E-state index in [2.05, 4.69) is 32.6 Å². The number of nitrogens with one attached hydrogen (secondary N) is 2. The monoisotopic (exact) mass is 575 g/mol. The van der Waals surface area contributed by atoms with Crippen LogP contribution in [0.3, 0.4) is 0 Å². The first-order valence-electron chi connectivity index (χ1n) is 13.9. The summed E-state index contributed by atoms with van der Waals surface area (Å²) in [6, 6.07) is 17.6. The number of hydrogen-bond acceptors (Lipinski definition) is 7. The second kappa shape index (κ2) is 11.8. The highest BCUT2D eigenvalue weighted by molar-refractivity contribution is 6.04. The third kappa shape index (κ3) is 5.43. The van der Waals surface area contributed by atoms with E-state index in [1.807, 2.05) is 48.5 Å². The first kappa shape index (κ1) is 27.7. The first-order chi connectivity index (χ1) is 20.9. The number of ether oxygens (including phenoxy) is 1. The molecule has 2 aromatic carbocycles. The second-order valence-electron chi connectivity index (χ2n) is 10.2. The lowest BCUT2D eigenvalue weighted by molar-refractivity contribution is -0.129. The van der Waals surface area contributed by atoms with Gasteiger partial charge in [0.25, 0.3) is 11.5 Å². The van der Waals surface area contributed by atoms with Gasteiger partial charge in [0, 0.05) is 35.9 Å². The van der Waals surface area contributed by atoms with Crippen molar-refractivity contribution in [3.63, 3.8) is 0 Å². The van der Waals surface area contributed by atoms with Crippen LogP contribution in [0, 0.1) is 11.8 Å². The third-order valence-electron chi connectivity index (χ3n) is 7.33. The molecule has 1 aliphatic rings. The maximum absolute atomic E-state index is 14.2. The maximum atomic E-state index is 14.2. The third-order valence-corrected chi connectivity index (χ3v) is 7.33. The lowest BCUT2D eigenvalue weighted by Crippen LogP contribution is -2.34. The fourth-order valence-electron chi connectivity index (χ4n) is 5.28. The summed E-state index contributed by atoms with van der Waals surface area (Å²) in [7, 11) is 0. The van der Waals surface area contributed by atoms with Gasteiger partial charge >= 0.3 is 0 Å². The minimum absolute atomic E-state index is 0.0533. The molecule has 1 saturated heterocycles. The molecule has 43 heavy (non-hydrogen) atoms. The number of benzene rings is 2. The molecule has 2 atom stereocenters. The number of carbonyl (C=O) groups is 2. The standard InChI is InChI=1S/C32H29N7O4/c1-20(36-31(41)27-28(33)37-38-17-8-16-34-29(27)38)24-19-22-10-5-9-21(11-6-15-35-30(40)25-14-7-18-43-25)26(22)32(42)39(24)23-12-3-2-4-13-23/h2-5,8-10,12-13,16-17,19-20,25H,7,14-15,18H2,1H3,(H2,33,37)(H,35,40)(H,36,41). The molecule has 2 unspecified atom stereocenters. The molecule has 4 heterocycles. The van der Waals surface area contributed by atoms with Gasteiger partial charge in [-0.15, -0.1) is 5.10 Å². The summed E-state index contributed by atoms with van der Waals surface area (Å²) in [5.74, 6) is 5.43. The van der Waals surface area contributed by atoms with Crippen molar-refractivity contribution in [2.45, 2.75) is 31.9 Å². The van der Waals surface area contributed by atoms with E-state index in [1.54, 1.807) is 36.0 Å². The van der Waals surface area contributed by atoms with Crippen molar-refractivity contribution in [1.29, 1.82) is 0 Å².